The number of benzene rings is 1. The van der Waals surface area contributed by atoms with Crippen molar-refractivity contribution in [2.75, 3.05) is 20.2 Å². The molecule has 0 spiro atoms. The predicted octanol–water partition coefficient (Wildman–Crippen LogP) is 1.54. The first-order valence-electron chi connectivity index (χ1n) is 6.03. The van der Waals surface area contributed by atoms with Crippen LogP contribution in [0.1, 0.15) is 22.8 Å². The zero-order valence-corrected chi connectivity index (χ0v) is 11.6. The molecule has 108 valence electrons. The predicted molar refractivity (Wildman–Crippen MR) is 71.4 cm³/mol. The molecule has 0 N–H and O–H groups in total. The third-order valence-corrected chi connectivity index (χ3v) is 2.60. The molecule has 1 aromatic carbocycles. The van der Waals surface area contributed by atoms with Gasteiger partial charge < -0.3 is 9.64 Å². The number of rotatable bonds is 5. The molecule has 1 amide bonds. The molecule has 0 unspecified atom stereocenters. The maximum Gasteiger partial charge on any atom is 0.325 e. The number of aryl methyl sites for hydroxylation is 1. The second-order valence-electron chi connectivity index (χ2n) is 4.24. The molecular weight excluding hydrogens is 264 g/mol. The van der Waals surface area contributed by atoms with E-state index < -0.39 is 16.8 Å². The summed E-state index contributed by atoms with van der Waals surface area (Å²) >= 11 is 0. The number of carbonyl (C=O) groups is 2. The molecule has 0 fully saturated rings. The number of hydrogen-bond donors (Lipinski definition) is 0. The number of likely N-dealkylation sites (N-methyl/N-ethyl adjacent to an activating group) is 1. The molecule has 0 aliphatic heterocycles. The zero-order chi connectivity index (χ0) is 15.3. The van der Waals surface area contributed by atoms with Gasteiger partial charge >= 0.3 is 5.97 Å². The lowest BCUT2D eigenvalue weighted by atomic mass is 10.1. The SMILES string of the molecule is CCOC(=O)CN(C)C(=O)c1cc(C)ccc1[N+](=O)[O-]. The molecule has 7 nitrogen and oxygen atoms in total. The number of nitro benzene ring substituents is 1. The van der Waals surface area contributed by atoms with Crippen LogP contribution in [-0.2, 0) is 9.53 Å². The van der Waals surface area contributed by atoms with Crippen LogP contribution in [0.5, 0.6) is 0 Å². The van der Waals surface area contributed by atoms with Crippen molar-refractivity contribution in [3.8, 4) is 0 Å². The van der Waals surface area contributed by atoms with E-state index in [4.69, 9.17) is 4.74 Å². The fourth-order valence-electron chi connectivity index (χ4n) is 1.66. The minimum Gasteiger partial charge on any atom is -0.465 e. The number of amides is 1. The van der Waals surface area contributed by atoms with Gasteiger partial charge in [-0.2, -0.15) is 0 Å². The van der Waals surface area contributed by atoms with Crippen molar-refractivity contribution in [2.24, 2.45) is 0 Å². The van der Waals surface area contributed by atoms with Gasteiger partial charge in [-0.3, -0.25) is 19.7 Å². The number of nitrogens with zero attached hydrogens (tertiary/aromatic N) is 2. The van der Waals surface area contributed by atoms with Crippen molar-refractivity contribution in [1.82, 2.24) is 4.90 Å². The highest BCUT2D eigenvalue weighted by molar-refractivity contribution is 5.99. The van der Waals surface area contributed by atoms with Gasteiger partial charge in [0.25, 0.3) is 11.6 Å². The highest BCUT2D eigenvalue weighted by atomic mass is 16.6. The van der Waals surface area contributed by atoms with Crippen molar-refractivity contribution in [2.45, 2.75) is 13.8 Å². The topological polar surface area (TPSA) is 89.8 Å². The molecule has 0 saturated carbocycles. The number of hydrogen-bond acceptors (Lipinski definition) is 5. The van der Waals surface area contributed by atoms with Crippen LogP contribution in [0.25, 0.3) is 0 Å². The first-order chi connectivity index (χ1) is 9.36. The number of esters is 1. The molecule has 1 rings (SSSR count). The van der Waals surface area contributed by atoms with E-state index in [0.717, 1.165) is 10.5 Å². The fraction of sp³-hybridized carbons (Fsp3) is 0.385. The van der Waals surface area contributed by atoms with E-state index in [-0.39, 0.29) is 24.4 Å². The standard InChI is InChI=1S/C13H16N2O5/c1-4-20-12(16)8-14(3)13(17)10-7-9(2)5-6-11(10)15(18)19/h5-7H,4,8H2,1-3H3. The number of ether oxygens (including phenoxy) is 1. The molecule has 0 bridgehead atoms. The number of nitro groups is 1. The van der Waals surface area contributed by atoms with Gasteiger partial charge in [-0.25, -0.2) is 0 Å². The van der Waals surface area contributed by atoms with Gasteiger partial charge in [-0.1, -0.05) is 6.07 Å². The second-order valence-corrected chi connectivity index (χ2v) is 4.24. The Balaban J connectivity index is 2.99. The van der Waals surface area contributed by atoms with E-state index in [0.29, 0.717) is 0 Å². The molecule has 0 aliphatic carbocycles. The third-order valence-electron chi connectivity index (χ3n) is 2.60. The Hall–Kier alpha value is -2.44. The summed E-state index contributed by atoms with van der Waals surface area (Å²) < 4.78 is 4.73. The Morgan fingerprint density at radius 3 is 2.60 bits per heavy atom. The van der Waals surface area contributed by atoms with E-state index in [2.05, 4.69) is 0 Å². The second kappa shape index (κ2) is 6.65. The van der Waals surface area contributed by atoms with E-state index in [1.807, 2.05) is 0 Å². The minimum absolute atomic E-state index is 0.0400. The lowest BCUT2D eigenvalue weighted by Crippen LogP contribution is -2.33. The van der Waals surface area contributed by atoms with Crippen LogP contribution in [0, 0.1) is 17.0 Å². The maximum absolute atomic E-state index is 12.2. The molecule has 1 aromatic rings. The van der Waals surface area contributed by atoms with Gasteiger partial charge in [0, 0.05) is 13.1 Å². The van der Waals surface area contributed by atoms with Gasteiger partial charge in [-0.15, -0.1) is 0 Å². The van der Waals surface area contributed by atoms with Gasteiger partial charge in [0.1, 0.15) is 12.1 Å². The van der Waals surface area contributed by atoms with Crippen LogP contribution in [0.15, 0.2) is 18.2 Å². The van der Waals surface area contributed by atoms with Crippen molar-refractivity contribution < 1.29 is 19.2 Å². The summed E-state index contributed by atoms with van der Waals surface area (Å²) in [6.07, 6.45) is 0. The van der Waals surface area contributed by atoms with Crippen molar-refractivity contribution in [3.05, 3.63) is 39.4 Å². The highest BCUT2D eigenvalue weighted by Gasteiger charge is 2.24. The Labute approximate surface area is 116 Å². The largest absolute Gasteiger partial charge is 0.465 e. The summed E-state index contributed by atoms with van der Waals surface area (Å²) in [5.41, 5.74) is 0.404. The van der Waals surface area contributed by atoms with Crippen LogP contribution in [0.3, 0.4) is 0 Å². The lowest BCUT2D eigenvalue weighted by Gasteiger charge is -2.16. The van der Waals surface area contributed by atoms with Crippen LogP contribution in [0.4, 0.5) is 5.69 Å². The summed E-state index contributed by atoms with van der Waals surface area (Å²) in [4.78, 5) is 34.9. The summed E-state index contributed by atoms with van der Waals surface area (Å²) in [5.74, 6) is -1.15. The molecule has 0 radical (unpaired) electrons. The Morgan fingerprint density at radius 2 is 2.05 bits per heavy atom. The Bertz CT molecular complexity index is 542. The molecule has 7 heteroatoms. The molecule has 0 saturated heterocycles. The molecular formula is C13H16N2O5. The zero-order valence-electron chi connectivity index (χ0n) is 11.6. The molecule has 0 atom stereocenters. The maximum atomic E-state index is 12.2. The summed E-state index contributed by atoms with van der Waals surface area (Å²) in [6, 6.07) is 4.27. The first kappa shape index (κ1) is 15.6. The van der Waals surface area contributed by atoms with Crippen LogP contribution >= 0.6 is 0 Å². The first-order valence-corrected chi connectivity index (χ1v) is 6.03. The van der Waals surface area contributed by atoms with Gasteiger partial charge in [0.15, 0.2) is 0 Å². The van der Waals surface area contributed by atoms with E-state index in [1.54, 1.807) is 19.9 Å². The Morgan fingerprint density at radius 1 is 1.40 bits per heavy atom. The number of carbonyl (C=O) groups excluding carboxylic acids is 2. The van der Waals surface area contributed by atoms with Crippen molar-refractivity contribution in [3.63, 3.8) is 0 Å². The molecule has 0 aliphatic rings. The molecule has 20 heavy (non-hydrogen) atoms. The third kappa shape index (κ3) is 3.78. The lowest BCUT2D eigenvalue weighted by molar-refractivity contribution is -0.385. The molecule has 0 heterocycles. The normalized spacial score (nSPS) is 9.95. The van der Waals surface area contributed by atoms with Gasteiger partial charge in [0.05, 0.1) is 11.5 Å². The Kier molecular flexibility index (Phi) is 5.19. The van der Waals surface area contributed by atoms with Crippen molar-refractivity contribution >= 4 is 17.6 Å². The van der Waals surface area contributed by atoms with Crippen LogP contribution < -0.4 is 0 Å². The van der Waals surface area contributed by atoms with E-state index >= 15 is 0 Å². The summed E-state index contributed by atoms with van der Waals surface area (Å²) in [7, 11) is 1.39. The van der Waals surface area contributed by atoms with Gasteiger partial charge in [0.2, 0.25) is 0 Å². The average Bonchev–Trinajstić information content (AvgIpc) is 2.37. The summed E-state index contributed by atoms with van der Waals surface area (Å²) in [5, 5.41) is 10.9. The smallest absolute Gasteiger partial charge is 0.325 e. The fourth-order valence-corrected chi connectivity index (χ4v) is 1.66. The van der Waals surface area contributed by atoms with Crippen LogP contribution in [-0.4, -0.2) is 41.9 Å². The average molecular weight is 280 g/mol. The summed E-state index contributed by atoms with van der Waals surface area (Å²) in [6.45, 7) is 3.35. The quantitative estimate of drug-likeness (QED) is 0.463. The highest BCUT2D eigenvalue weighted by Crippen LogP contribution is 2.21. The van der Waals surface area contributed by atoms with E-state index in [9.17, 15) is 19.7 Å². The van der Waals surface area contributed by atoms with Crippen molar-refractivity contribution in [1.29, 1.82) is 0 Å². The van der Waals surface area contributed by atoms with Gasteiger partial charge in [-0.05, 0) is 25.5 Å². The monoisotopic (exact) mass is 280 g/mol. The van der Waals surface area contributed by atoms with Crippen LogP contribution in [0.2, 0.25) is 0 Å². The van der Waals surface area contributed by atoms with E-state index in [1.165, 1.54) is 19.2 Å². The molecule has 0 aromatic heterocycles. The minimum atomic E-state index is -0.620.